The molecule has 1 atom stereocenters. The zero-order chi connectivity index (χ0) is 25.4. The number of amides is 3. The first kappa shape index (κ1) is 26.0. The molecule has 0 saturated carbocycles. The average molecular weight is 538 g/mol. The van der Waals surface area contributed by atoms with Crippen molar-refractivity contribution in [1.82, 2.24) is 10.9 Å². The first-order valence-corrected chi connectivity index (χ1v) is 12.1. The number of hydrogen-bond donors (Lipinski definition) is 3. The first-order chi connectivity index (χ1) is 16.8. The van der Waals surface area contributed by atoms with Crippen molar-refractivity contribution in [3.63, 3.8) is 0 Å². The summed E-state index contributed by atoms with van der Waals surface area (Å²) in [7, 11) is 0. The van der Waals surface area contributed by atoms with Gasteiger partial charge in [-0.15, -0.1) is 0 Å². The fourth-order valence-corrected chi connectivity index (χ4v) is 3.80. The van der Waals surface area contributed by atoms with Gasteiger partial charge in [0.25, 0.3) is 17.7 Å². The summed E-state index contributed by atoms with van der Waals surface area (Å²) in [5, 5.41) is 2.80. The fourth-order valence-electron chi connectivity index (χ4n) is 3.29. The minimum atomic E-state index is -0.502. The molecule has 3 aromatic rings. The zero-order valence-electron chi connectivity index (χ0n) is 19.9. The van der Waals surface area contributed by atoms with E-state index in [9.17, 15) is 14.4 Å². The molecule has 7 nitrogen and oxygen atoms in total. The van der Waals surface area contributed by atoms with Crippen LogP contribution in [0.1, 0.15) is 58.0 Å². The standard InChI is InChI=1S/C27H28BrN3O4/c1-4-17(2)20-11-14-24(23(28)15-20)35-16-25(32)30-31-26(33)19-9-12-21(13-10-19)29-27(34)22-8-6-5-7-18(22)3/h5-15,17H,4,16H2,1-3H3,(H,29,34)(H,30,32)(H,31,33). The zero-order valence-corrected chi connectivity index (χ0v) is 21.4. The van der Waals surface area contributed by atoms with Gasteiger partial charge in [0.05, 0.1) is 4.47 Å². The molecular weight excluding hydrogens is 510 g/mol. The Bertz CT molecular complexity index is 1210. The number of carbonyl (C=O) groups is 3. The van der Waals surface area contributed by atoms with Crippen LogP contribution >= 0.6 is 15.9 Å². The largest absolute Gasteiger partial charge is 0.483 e. The molecule has 1 unspecified atom stereocenters. The van der Waals surface area contributed by atoms with Crippen molar-refractivity contribution < 1.29 is 19.1 Å². The van der Waals surface area contributed by atoms with Crippen LogP contribution in [0.15, 0.2) is 71.2 Å². The highest BCUT2D eigenvalue weighted by Gasteiger charge is 2.12. The minimum absolute atomic E-state index is 0.228. The summed E-state index contributed by atoms with van der Waals surface area (Å²) in [5.41, 5.74) is 8.21. The van der Waals surface area contributed by atoms with E-state index in [0.29, 0.717) is 28.5 Å². The fraction of sp³-hybridized carbons (Fsp3) is 0.222. The first-order valence-electron chi connectivity index (χ1n) is 11.3. The van der Waals surface area contributed by atoms with Crippen LogP contribution in [0.4, 0.5) is 5.69 Å². The molecule has 3 amide bonds. The van der Waals surface area contributed by atoms with Crippen molar-refractivity contribution in [2.75, 3.05) is 11.9 Å². The number of benzene rings is 3. The van der Waals surface area contributed by atoms with Gasteiger partial charge in [0, 0.05) is 16.8 Å². The van der Waals surface area contributed by atoms with E-state index in [1.165, 1.54) is 5.56 Å². The van der Waals surface area contributed by atoms with Crippen LogP contribution < -0.4 is 20.9 Å². The normalized spacial score (nSPS) is 11.3. The Morgan fingerprint density at radius 1 is 0.943 bits per heavy atom. The van der Waals surface area contributed by atoms with E-state index in [1.54, 1.807) is 36.4 Å². The molecule has 0 saturated heterocycles. The Balaban J connectivity index is 1.47. The third-order valence-corrected chi connectivity index (χ3v) is 6.23. The van der Waals surface area contributed by atoms with Gasteiger partial charge in [-0.2, -0.15) is 0 Å². The molecule has 3 aromatic carbocycles. The predicted octanol–water partition coefficient (Wildman–Crippen LogP) is 5.36. The molecule has 182 valence electrons. The van der Waals surface area contributed by atoms with Crippen molar-refractivity contribution in [1.29, 1.82) is 0 Å². The number of hydrogen-bond acceptors (Lipinski definition) is 4. The smallest absolute Gasteiger partial charge is 0.276 e. The summed E-state index contributed by atoms with van der Waals surface area (Å²) in [6.45, 7) is 5.88. The predicted molar refractivity (Wildman–Crippen MR) is 140 cm³/mol. The third kappa shape index (κ3) is 7.16. The van der Waals surface area contributed by atoms with Crippen LogP contribution in [-0.4, -0.2) is 24.3 Å². The molecule has 3 N–H and O–H groups in total. The quantitative estimate of drug-likeness (QED) is 0.337. The van der Waals surface area contributed by atoms with E-state index in [-0.39, 0.29) is 12.5 Å². The Labute approximate surface area is 213 Å². The van der Waals surface area contributed by atoms with Gasteiger partial charge in [0.15, 0.2) is 6.61 Å². The van der Waals surface area contributed by atoms with E-state index in [2.05, 4.69) is 45.9 Å². The molecule has 0 aliphatic heterocycles. The highest BCUT2D eigenvalue weighted by Crippen LogP contribution is 2.30. The summed E-state index contributed by atoms with van der Waals surface area (Å²) >= 11 is 3.47. The third-order valence-electron chi connectivity index (χ3n) is 5.61. The lowest BCUT2D eigenvalue weighted by Crippen LogP contribution is -2.43. The molecule has 3 rings (SSSR count). The van der Waals surface area contributed by atoms with Crippen LogP contribution in [0.2, 0.25) is 0 Å². The van der Waals surface area contributed by atoms with Gasteiger partial charge in [-0.05, 0) is 88.8 Å². The van der Waals surface area contributed by atoms with Crippen molar-refractivity contribution in [2.24, 2.45) is 0 Å². The Kier molecular flexibility index (Phi) is 9.03. The molecule has 0 aliphatic rings. The second-order valence-electron chi connectivity index (χ2n) is 8.14. The Morgan fingerprint density at radius 2 is 1.66 bits per heavy atom. The molecule has 0 bridgehead atoms. The lowest BCUT2D eigenvalue weighted by molar-refractivity contribution is -0.123. The van der Waals surface area contributed by atoms with E-state index >= 15 is 0 Å². The van der Waals surface area contributed by atoms with E-state index < -0.39 is 11.8 Å². The highest BCUT2D eigenvalue weighted by molar-refractivity contribution is 9.10. The maximum atomic E-state index is 12.4. The summed E-state index contributed by atoms with van der Waals surface area (Å²) < 4.78 is 6.32. The number of anilines is 1. The van der Waals surface area contributed by atoms with Crippen molar-refractivity contribution >= 4 is 39.3 Å². The second-order valence-corrected chi connectivity index (χ2v) is 8.99. The Morgan fingerprint density at radius 3 is 2.31 bits per heavy atom. The second kappa shape index (κ2) is 12.2. The maximum Gasteiger partial charge on any atom is 0.276 e. The average Bonchev–Trinajstić information content (AvgIpc) is 2.86. The van der Waals surface area contributed by atoms with Crippen LogP contribution in [0, 0.1) is 6.92 Å². The van der Waals surface area contributed by atoms with Gasteiger partial charge in [-0.25, -0.2) is 0 Å². The molecule has 0 aliphatic carbocycles. The van der Waals surface area contributed by atoms with E-state index in [4.69, 9.17) is 4.74 Å². The monoisotopic (exact) mass is 537 g/mol. The SMILES string of the molecule is CCC(C)c1ccc(OCC(=O)NNC(=O)c2ccc(NC(=O)c3ccccc3C)cc2)c(Br)c1. The van der Waals surface area contributed by atoms with E-state index in [0.717, 1.165) is 16.5 Å². The van der Waals surface area contributed by atoms with Crippen molar-refractivity contribution in [3.05, 3.63) is 93.5 Å². The van der Waals surface area contributed by atoms with Gasteiger partial charge in [-0.1, -0.05) is 38.1 Å². The van der Waals surface area contributed by atoms with Crippen LogP contribution in [0.3, 0.4) is 0 Å². The topological polar surface area (TPSA) is 96.5 Å². The number of aryl methyl sites for hydroxylation is 1. The summed E-state index contributed by atoms with van der Waals surface area (Å²) in [6.07, 6.45) is 1.03. The summed E-state index contributed by atoms with van der Waals surface area (Å²) in [6, 6.07) is 19.4. The molecule has 8 heteroatoms. The number of rotatable bonds is 8. The number of halogens is 1. The molecule has 0 spiro atoms. The molecule has 0 aromatic heterocycles. The number of hydrazine groups is 1. The lowest BCUT2D eigenvalue weighted by atomic mass is 9.99. The molecule has 0 fully saturated rings. The molecule has 35 heavy (non-hydrogen) atoms. The van der Waals surface area contributed by atoms with Gasteiger partial charge in [0.1, 0.15) is 5.75 Å². The molecular formula is C27H28BrN3O4. The van der Waals surface area contributed by atoms with Crippen molar-refractivity contribution in [2.45, 2.75) is 33.1 Å². The van der Waals surface area contributed by atoms with Gasteiger partial charge >= 0.3 is 0 Å². The lowest BCUT2D eigenvalue weighted by Gasteiger charge is -2.13. The minimum Gasteiger partial charge on any atom is -0.483 e. The number of nitrogens with one attached hydrogen (secondary N) is 3. The van der Waals surface area contributed by atoms with Crippen LogP contribution in [0.25, 0.3) is 0 Å². The van der Waals surface area contributed by atoms with Crippen LogP contribution in [0.5, 0.6) is 5.75 Å². The van der Waals surface area contributed by atoms with Crippen LogP contribution in [-0.2, 0) is 4.79 Å². The van der Waals surface area contributed by atoms with Gasteiger partial charge < -0.3 is 10.1 Å². The van der Waals surface area contributed by atoms with Crippen molar-refractivity contribution in [3.8, 4) is 5.75 Å². The summed E-state index contributed by atoms with van der Waals surface area (Å²) in [5.74, 6) is -0.250. The maximum absolute atomic E-state index is 12.4. The number of ether oxygens (including phenoxy) is 1. The summed E-state index contributed by atoms with van der Waals surface area (Å²) in [4.78, 5) is 36.9. The Hall–Kier alpha value is -3.65. The molecule has 0 radical (unpaired) electrons. The number of carbonyl (C=O) groups excluding carboxylic acids is 3. The highest BCUT2D eigenvalue weighted by atomic mass is 79.9. The van der Waals surface area contributed by atoms with Gasteiger partial charge in [-0.3, -0.25) is 25.2 Å². The molecule has 0 heterocycles. The van der Waals surface area contributed by atoms with E-state index in [1.807, 2.05) is 37.3 Å². The van der Waals surface area contributed by atoms with Gasteiger partial charge in [0.2, 0.25) is 0 Å².